The lowest BCUT2D eigenvalue weighted by atomic mass is 9.83. The molecule has 5 nitrogen and oxygen atoms in total. The fourth-order valence-electron chi connectivity index (χ4n) is 4.16. The number of benzene rings is 1. The van der Waals surface area contributed by atoms with Crippen LogP contribution in [0.15, 0.2) is 24.4 Å². The highest BCUT2D eigenvalue weighted by atomic mass is 35.5. The van der Waals surface area contributed by atoms with Crippen molar-refractivity contribution < 1.29 is 9.84 Å². The van der Waals surface area contributed by atoms with Crippen LogP contribution < -0.4 is 11.1 Å². The molecule has 0 aliphatic rings. The SMILES string of the molecule is COCCCc1cn(C)c2ccc(CC(CC(N)C(O)CNC(C)C)C(C)C)cc12.Cl.Cl. The third kappa shape index (κ3) is 9.20. The quantitative estimate of drug-likeness (QED) is 0.362. The van der Waals surface area contributed by atoms with Crippen LogP contribution in [0.1, 0.15) is 51.7 Å². The molecule has 0 spiro atoms. The van der Waals surface area contributed by atoms with E-state index < -0.39 is 6.10 Å². The monoisotopic (exact) mass is 489 g/mol. The molecule has 1 heterocycles. The van der Waals surface area contributed by atoms with Gasteiger partial charge in [0.1, 0.15) is 0 Å². The van der Waals surface area contributed by atoms with Crippen LogP contribution in [0, 0.1) is 11.8 Å². The molecule has 0 radical (unpaired) electrons. The number of ether oxygens (including phenoxy) is 1. The van der Waals surface area contributed by atoms with Gasteiger partial charge in [0, 0.05) is 56.5 Å². The van der Waals surface area contributed by atoms with E-state index >= 15 is 0 Å². The number of methoxy groups -OCH3 is 1. The maximum Gasteiger partial charge on any atom is 0.0815 e. The van der Waals surface area contributed by atoms with E-state index in [0.29, 0.717) is 24.4 Å². The summed E-state index contributed by atoms with van der Waals surface area (Å²) >= 11 is 0. The summed E-state index contributed by atoms with van der Waals surface area (Å²) in [7, 11) is 3.87. The topological polar surface area (TPSA) is 72.4 Å². The molecule has 0 saturated carbocycles. The van der Waals surface area contributed by atoms with Gasteiger partial charge in [0.15, 0.2) is 0 Å². The first kappa shape index (κ1) is 31.2. The van der Waals surface area contributed by atoms with E-state index in [1.165, 1.54) is 22.0 Å². The van der Waals surface area contributed by atoms with E-state index in [4.69, 9.17) is 10.5 Å². The molecule has 0 bridgehead atoms. The van der Waals surface area contributed by atoms with Crippen LogP contribution in [0.5, 0.6) is 0 Å². The number of hydrogen-bond acceptors (Lipinski definition) is 4. The van der Waals surface area contributed by atoms with E-state index in [1.54, 1.807) is 7.11 Å². The number of aliphatic hydroxyl groups excluding tert-OH is 1. The number of nitrogens with zero attached hydrogens (tertiary/aromatic N) is 1. The number of halogens is 2. The first-order valence-corrected chi connectivity index (χ1v) is 11.5. The molecule has 0 aliphatic heterocycles. The van der Waals surface area contributed by atoms with Crippen molar-refractivity contribution in [3.8, 4) is 0 Å². The number of nitrogens with one attached hydrogen (secondary N) is 1. The molecule has 7 heteroatoms. The number of aromatic nitrogens is 1. The normalized spacial score (nSPS) is 14.3. The fraction of sp³-hybridized carbons (Fsp3) is 0.680. The van der Waals surface area contributed by atoms with Gasteiger partial charge in [-0.2, -0.15) is 0 Å². The lowest BCUT2D eigenvalue weighted by Crippen LogP contribution is -2.44. The minimum atomic E-state index is -0.516. The van der Waals surface area contributed by atoms with Crippen molar-refractivity contribution in [3.63, 3.8) is 0 Å². The maximum absolute atomic E-state index is 10.4. The van der Waals surface area contributed by atoms with Crippen LogP contribution in [-0.2, 0) is 24.6 Å². The molecule has 1 aromatic carbocycles. The second-order valence-electron chi connectivity index (χ2n) is 9.45. The van der Waals surface area contributed by atoms with Gasteiger partial charge < -0.3 is 25.5 Å². The number of fused-ring (bicyclic) bond motifs is 1. The van der Waals surface area contributed by atoms with E-state index in [-0.39, 0.29) is 30.9 Å². The molecule has 3 unspecified atom stereocenters. The molecule has 0 aliphatic carbocycles. The minimum Gasteiger partial charge on any atom is -0.390 e. The highest BCUT2D eigenvalue weighted by molar-refractivity contribution is 5.86. The molecule has 2 rings (SSSR count). The van der Waals surface area contributed by atoms with Crippen LogP contribution in [0.4, 0.5) is 0 Å². The maximum atomic E-state index is 10.4. The molecule has 32 heavy (non-hydrogen) atoms. The van der Waals surface area contributed by atoms with E-state index in [0.717, 1.165) is 32.3 Å². The van der Waals surface area contributed by atoms with Crippen LogP contribution in [0.25, 0.3) is 10.9 Å². The lowest BCUT2D eigenvalue weighted by molar-refractivity contribution is 0.122. The Hall–Kier alpha value is -0.820. The summed E-state index contributed by atoms with van der Waals surface area (Å²) < 4.78 is 7.45. The van der Waals surface area contributed by atoms with Gasteiger partial charge in [-0.3, -0.25) is 0 Å². The average molecular weight is 491 g/mol. The Morgan fingerprint density at radius 1 is 1.16 bits per heavy atom. The molecular weight excluding hydrogens is 445 g/mol. The standard InChI is InChI=1S/C25H43N3O2.2ClH/c1-17(2)21(14-23(26)25(29)15-27-18(3)4)12-19-9-10-24-22(13-19)20(16-28(24)5)8-7-11-30-6;;/h9-10,13,16-18,21,23,25,27,29H,7-8,11-12,14-15,26H2,1-6H3;2*1H. The first-order valence-electron chi connectivity index (χ1n) is 11.5. The summed E-state index contributed by atoms with van der Waals surface area (Å²) in [6.07, 6.45) is 5.60. The molecule has 0 fully saturated rings. The van der Waals surface area contributed by atoms with Gasteiger partial charge in [0.05, 0.1) is 6.10 Å². The van der Waals surface area contributed by atoms with Crippen molar-refractivity contribution >= 4 is 35.7 Å². The Kier molecular flexibility index (Phi) is 14.8. The van der Waals surface area contributed by atoms with Gasteiger partial charge in [-0.15, -0.1) is 24.8 Å². The van der Waals surface area contributed by atoms with Gasteiger partial charge in [0.25, 0.3) is 0 Å². The predicted molar refractivity (Wildman–Crippen MR) is 141 cm³/mol. The van der Waals surface area contributed by atoms with Gasteiger partial charge in [-0.25, -0.2) is 0 Å². The third-order valence-corrected chi connectivity index (χ3v) is 6.18. The van der Waals surface area contributed by atoms with Crippen molar-refractivity contribution in [2.75, 3.05) is 20.3 Å². The molecule has 186 valence electrons. The molecule has 0 saturated heterocycles. The minimum absolute atomic E-state index is 0. The smallest absolute Gasteiger partial charge is 0.0815 e. The van der Waals surface area contributed by atoms with Crippen molar-refractivity contribution in [3.05, 3.63) is 35.5 Å². The van der Waals surface area contributed by atoms with E-state index in [1.807, 2.05) is 0 Å². The summed E-state index contributed by atoms with van der Waals surface area (Å²) in [5.74, 6) is 0.945. The number of aliphatic hydroxyl groups is 1. The molecule has 2 aromatic rings. The van der Waals surface area contributed by atoms with Gasteiger partial charge in [-0.1, -0.05) is 33.8 Å². The number of rotatable bonds is 13. The fourth-order valence-corrected chi connectivity index (χ4v) is 4.16. The van der Waals surface area contributed by atoms with Crippen LogP contribution >= 0.6 is 24.8 Å². The van der Waals surface area contributed by atoms with Gasteiger partial charge in [-0.05, 0) is 60.8 Å². The Morgan fingerprint density at radius 2 is 1.84 bits per heavy atom. The van der Waals surface area contributed by atoms with Crippen LogP contribution in [-0.4, -0.2) is 48.1 Å². The number of nitrogens with two attached hydrogens (primary N) is 1. The Labute approximate surface area is 207 Å². The van der Waals surface area contributed by atoms with Crippen LogP contribution in [0.3, 0.4) is 0 Å². The van der Waals surface area contributed by atoms with Gasteiger partial charge in [0.2, 0.25) is 0 Å². The number of aryl methyl sites for hydroxylation is 2. The van der Waals surface area contributed by atoms with E-state index in [2.05, 4.69) is 69.0 Å². The molecule has 1 aromatic heterocycles. The van der Waals surface area contributed by atoms with Gasteiger partial charge >= 0.3 is 0 Å². The summed E-state index contributed by atoms with van der Waals surface area (Å²) in [5.41, 5.74) is 10.4. The first-order chi connectivity index (χ1) is 14.2. The molecule has 4 N–H and O–H groups in total. The predicted octanol–water partition coefficient (Wildman–Crippen LogP) is 4.49. The zero-order valence-corrected chi connectivity index (χ0v) is 22.3. The lowest BCUT2D eigenvalue weighted by Gasteiger charge is -2.28. The van der Waals surface area contributed by atoms with E-state index in [9.17, 15) is 5.11 Å². The zero-order chi connectivity index (χ0) is 22.3. The molecule has 0 amide bonds. The highest BCUT2D eigenvalue weighted by Gasteiger charge is 2.23. The average Bonchev–Trinajstić information content (AvgIpc) is 3.00. The van der Waals surface area contributed by atoms with Crippen molar-refractivity contribution in [1.29, 1.82) is 0 Å². The largest absolute Gasteiger partial charge is 0.390 e. The second kappa shape index (κ2) is 15.2. The third-order valence-electron chi connectivity index (χ3n) is 6.18. The summed E-state index contributed by atoms with van der Waals surface area (Å²) in [6, 6.07) is 6.98. The van der Waals surface area contributed by atoms with Crippen LogP contribution in [0.2, 0.25) is 0 Å². The Bertz CT molecular complexity index is 780. The molecular formula is C25H45Cl2N3O2. The Morgan fingerprint density at radius 3 is 2.44 bits per heavy atom. The summed E-state index contributed by atoms with van der Waals surface area (Å²) in [4.78, 5) is 0. The number of hydrogen-bond donors (Lipinski definition) is 3. The van der Waals surface area contributed by atoms with Crippen molar-refractivity contribution in [2.24, 2.45) is 24.6 Å². The van der Waals surface area contributed by atoms with Crippen molar-refractivity contribution in [1.82, 2.24) is 9.88 Å². The zero-order valence-electron chi connectivity index (χ0n) is 20.6. The Balaban J connectivity index is 0.00000480. The highest BCUT2D eigenvalue weighted by Crippen LogP contribution is 2.27. The second-order valence-corrected chi connectivity index (χ2v) is 9.45. The summed E-state index contributed by atoms with van der Waals surface area (Å²) in [6.45, 7) is 10.0. The van der Waals surface area contributed by atoms with Crippen molar-refractivity contribution in [2.45, 2.75) is 71.6 Å². The summed E-state index contributed by atoms with van der Waals surface area (Å²) in [5, 5.41) is 15.1. The molecule has 3 atom stereocenters.